The topological polar surface area (TPSA) is 18.5 Å². The lowest BCUT2D eigenvalue weighted by molar-refractivity contribution is 0.205. The molecule has 3 saturated heterocycles. The number of hydrogen-bond acceptors (Lipinski definition) is 3. The first kappa shape index (κ1) is 12.9. The number of piperidine rings is 1. The van der Waals surface area contributed by atoms with Crippen molar-refractivity contribution in [1.82, 2.24) is 15.1 Å². The van der Waals surface area contributed by atoms with Crippen LogP contribution in [0, 0.1) is 5.92 Å². The summed E-state index contributed by atoms with van der Waals surface area (Å²) < 4.78 is 0. The van der Waals surface area contributed by atoms with Gasteiger partial charge in [0.25, 0.3) is 0 Å². The molecule has 0 amide bonds. The van der Waals surface area contributed by atoms with Crippen molar-refractivity contribution in [3.8, 4) is 0 Å². The third-order valence-electron chi connectivity index (χ3n) is 5.14. The van der Waals surface area contributed by atoms with E-state index in [2.05, 4.69) is 22.0 Å². The van der Waals surface area contributed by atoms with Crippen LogP contribution >= 0.6 is 0 Å². The molecule has 0 radical (unpaired) electrons. The highest BCUT2D eigenvalue weighted by Gasteiger charge is 2.30. The summed E-state index contributed by atoms with van der Waals surface area (Å²) in [5, 5.41) is 3.71. The molecule has 3 unspecified atom stereocenters. The number of likely N-dealkylation sites (tertiary alicyclic amines) is 2. The van der Waals surface area contributed by atoms with E-state index < -0.39 is 0 Å². The normalized spacial score (nSPS) is 39.5. The minimum atomic E-state index is 0.756. The first-order valence-electron chi connectivity index (χ1n) is 8.01. The van der Waals surface area contributed by atoms with Crippen LogP contribution in [0.25, 0.3) is 0 Å². The highest BCUT2D eigenvalue weighted by molar-refractivity contribution is 4.88. The third-order valence-corrected chi connectivity index (χ3v) is 5.14. The molecule has 0 aliphatic carbocycles. The minimum absolute atomic E-state index is 0.756. The summed E-state index contributed by atoms with van der Waals surface area (Å²) in [6.07, 6.45) is 7.01. The SMILES string of the molecule is CC1CCNC(CN2CCC(N3CCCC3)C2)C1. The van der Waals surface area contributed by atoms with E-state index >= 15 is 0 Å². The van der Waals surface area contributed by atoms with Gasteiger partial charge < -0.3 is 10.2 Å². The van der Waals surface area contributed by atoms with Crippen LogP contribution in [0.1, 0.15) is 39.0 Å². The second-order valence-corrected chi connectivity index (χ2v) is 6.73. The number of nitrogens with one attached hydrogen (secondary N) is 1. The second-order valence-electron chi connectivity index (χ2n) is 6.73. The van der Waals surface area contributed by atoms with Gasteiger partial charge in [-0.05, 0) is 64.2 Å². The van der Waals surface area contributed by atoms with E-state index in [1.807, 2.05) is 0 Å². The summed E-state index contributed by atoms with van der Waals surface area (Å²) in [6, 6.07) is 1.62. The van der Waals surface area contributed by atoms with Crippen LogP contribution < -0.4 is 5.32 Å². The summed E-state index contributed by atoms with van der Waals surface area (Å²) in [4.78, 5) is 5.44. The fourth-order valence-electron chi connectivity index (χ4n) is 4.05. The number of nitrogens with zero attached hydrogens (tertiary/aromatic N) is 2. The van der Waals surface area contributed by atoms with Crippen LogP contribution in [0.5, 0.6) is 0 Å². The Bertz CT molecular complexity index is 262. The predicted octanol–water partition coefficient (Wildman–Crippen LogP) is 1.54. The number of hydrogen-bond donors (Lipinski definition) is 1. The van der Waals surface area contributed by atoms with Gasteiger partial charge in [-0.2, -0.15) is 0 Å². The molecule has 3 aliphatic heterocycles. The van der Waals surface area contributed by atoms with Crippen molar-refractivity contribution in [3.05, 3.63) is 0 Å². The maximum absolute atomic E-state index is 3.71. The maximum atomic E-state index is 3.71. The van der Waals surface area contributed by atoms with E-state index in [0.29, 0.717) is 0 Å². The van der Waals surface area contributed by atoms with Crippen LogP contribution in [0.4, 0.5) is 0 Å². The molecular weight excluding hydrogens is 222 g/mol. The first-order chi connectivity index (χ1) is 8.81. The van der Waals surface area contributed by atoms with E-state index in [-0.39, 0.29) is 0 Å². The maximum Gasteiger partial charge on any atom is 0.0235 e. The molecule has 3 nitrogen and oxygen atoms in total. The molecule has 18 heavy (non-hydrogen) atoms. The fraction of sp³-hybridized carbons (Fsp3) is 1.00. The lowest BCUT2D eigenvalue weighted by atomic mass is 9.94. The smallest absolute Gasteiger partial charge is 0.0235 e. The van der Waals surface area contributed by atoms with Gasteiger partial charge in [-0.15, -0.1) is 0 Å². The average Bonchev–Trinajstić information content (AvgIpc) is 2.98. The monoisotopic (exact) mass is 251 g/mol. The standard InChI is InChI=1S/C15H29N3/c1-13-4-6-16-14(10-13)11-17-9-5-15(12-17)18-7-2-3-8-18/h13-16H,2-12H2,1H3. The summed E-state index contributed by atoms with van der Waals surface area (Å²) >= 11 is 0. The van der Waals surface area contributed by atoms with Crippen molar-refractivity contribution in [1.29, 1.82) is 0 Å². The first-order valence-corrected chi connectivity index (χ1v) is 8.01. The Kier molecular flexibility index (Phi) is 4.22. The van der Waals surface area contributed by atoms with Gasteiger partial charge in [0.1, 0.15) is 0 Å². The van der Waals surface area contributed by atoms with E-state index in [1.54, 1.807) is 0 Å². The lowest BCUT2D eigenvalue weighted by Gasteiger charge is -2.31. The zero-order chi connectivity index (χ0) is 12.4. The third kappa shape index (κ3) is 3.06. The van der Waals surface area contributed by atoms with E-state index in [4.69, 9.17) is 0 Å². The summed E-state index contributed by atoms with van der Waals surface area (Å²) in [5.74, 6) is 0.924. The Morgan fingerprint density at radius 3 is 2.72 bits per heavy atom. The molecule has 0 spiro atoms. The average molecular weight is 251 g/mol. The molecule has 0 aromatic rings. The van der Waals surface area contributed by atoms with Gasteiger partial charge in [-0.3, -0.25) is 4.90 Å². The molecule has 0 saturated carbocycles. The Hall–Kier alpha value is -0.120. The molecule has 3 heteroatoms. The predicted molar refractivity (Wildman–Crippen MR) is 75.8 cm³/mol. The Morgan fingerprint density at radius 2 is 1.94 bits per heavy atom. The molecule has 1 N–H and O–H groups in total. The molecule has 3 heterocycles. The van der Waals surface area contributed by atoms with Gasteiger partial charge in [0.05, 0.1) is 0 Å². The quantitative estimate of drug-likeness (QED) is 0.821. The van der Waals surface area contributed by atoms with Gasteiger partial charge >= 0.3 is 0 Å². The van der Waals surface area contributed by atoms with Crippen LogP contribution in [0.15, 0.2) is 0 Å². The Balaban J connectivity index is 1.44. The molecule has 3 fully saturated rings. The van der Waals surface area contributed by atoms with Crippen molar-refractivity contribution in [2.45, 2.75) is 51.1 Å². The fourth-order valence-corrected chi connectivity index (χ4v) is 4.05. The van der Waals surface area contributed by atoms with Crippen LogP contribution in [0.2, 0.25) is 0 Å². The van der Waals surface area contributed by atoms with Crippen molar-refractivity contribution >= 4 is 0 Å². The molecule has 0 bridgehead atoms. The molecule has 104 valence electrons. The largest absolute Gasteiger partial charge is 0.313 e. The van der Waals surface area contributed by atoms with Gasteiger partial charge in [-0.1, -0.05) is 6.92 Å². The zero-order valence-electron chi connectivity index (χ0n) is 11.9. The summed E-state index contributed by atoms with van der Waals surface area (Å²) in [7, 11) is 0. The van der Waals surface area contributed by atoms with Crippen LogP contribution in [0.3, 0.4) is 0 Å². The minimum Gasteiger partial charge on any atom is -0.313 e. The Morgan fingerprint density at radius 1 is 1.11 bits per heavy atom. The lowest BCUT2D eigenvalue weighted by Crippen LogP contribution is -2.45. The molecule has 0 aromatic carbocycles. The Labute approximate surface area is 112 Å². The van der Waals surface area contributed by atoms with Crippen molar-refractivity contribution in [2.75, 3.05) is 39.3 Å². The number of rotatable bonds is 3. The van der Waals surface area contributed by atoms with Crippen molar-refractivity contribution < 1.29 is 0 Å². The summed E-state index contributed by atoms with van der Waals surface area (Å²) in [5.41, 5.74) is 0. The highest BCUT2D eigenvalue weighted by Crippen LogP contribution is 2.22. The van der Waals surface area contributed by atoms with E-state index in [1.165, 1.54) is 71.4 Å². The van der Waals surface area contributed by atoms with Crippen molar-refractivity contribution in [3.63, 3.8) is 0 Å². The second kappa shape index (κ2) is 5.89. The zero-order valence-corrected chi connectivity index (χ0v) is 11.9. The van der Waals surface area contributed by atoms with Gasteiger partial charge in [0.15, 0.2) is 0 Å². The van der Waals surface area contributed by atoms with Crippen LogP contribution in [-0.2, 0) is 0 Å². The molecule has 3 rings (SSSR count). The van der Waals surface area contributed by atoms with E-state index in [0.717, 1.165) is 18.0 Å². The van der Waals surface area contributed by atoms with Gasteiger partial charge in [-0.25, -0.2) is 0 Å². The molecule has 0 aromatic heterocycles. The molecule has 3 aliphatic rings. The van der Waals surface area contributed by atoms with Gasteiger partial charge in [0.2, 0.25) is 0 Å². The van der Waals surface area contributed by atoms with Gasteiger partial charge in [0, 0.05) is 25.2 Å². The molecular formula is C15H29N3. The highest BCUT2D eigenvalue weighted by atomic mass is 15.3. The van der Waals surface area contributed by atoms with E-state index in [9.17, 15) is 0 Å². The molecule has 3 atom stereocenters. The van der Waals surface area contributed by atoms with Crippen molar-refractivity contribution in [2.24, 2.45) is 5.92 Å². The van der Waals surface area contributed by atoms with Crippen LogP contribution in [-0.4, -0.2) is 61.2 Å². The summed E-state index contributed by atoms with van der Waals surface area (Å²) in [6.45, 7) is 10.3.